The van der Waals surface area contributed by atoms with E-state index in [-0.39, 0.29) is 23.4 Å². The maximum Gasteiger partial charge on any atom is 0.233 e. The van der Waals surface area contributed by atoms with Crippen molar-refractivity contribution in [3.05, 3.63) is 11.1 Å². The summed E-state index contributed by atoms with van der Waals surface area (Å²) >= 11 is 8.47. The Morgan fingerprint density at radius 1 is 1.58 bits per heavy atom. The Balaban J connectivity index is 2.51. The van der Waals surface area contributed by atoms with Crippen molar-refractivity contribution in [1.82, 2.24) is 4.98 Å². The van der Waals surface area contributed by atoms with Crippen LogP contribution in [0.15, 0.2) is 5.38 Å². The molecule has 0 saturated carbocycles. The molecule has 0 aromatic carbocycles. The summed E-state index contributed by atoms with van der Waals surface area (Å²) in [5.74, 6) is 0.587. The molecule has 1 aromatic heterocycles. The zero-order valence-corrected chi connectivity index (χ0v) is 13.1. The molecule has 0 radical (unpaired) electrons. The molecule has 0 spiro atoms. The highest BCUT2D eigenvalue weighted by Gasteiger charge is 2.27. The van der Waals surface area contributed by atoms with E-state index in [0.717, 1.165) is 5.69 Å². The minimum atomic E-state index is -0.631. The van der Waals surface area contributed by atoms with Gasteiger partial charge in [-0.2, -0.15) is 0 Å². The van der Waals surface area contributed by atoms with Gasteiger partial charge in [-0.25, -0.2) is 4.98 Å². The molecule has 0 aliphatic carbocycles. The number of nitrogens with two attached hydrogens (primary N) is 1. The standard InChI is InChI=1S/C11H16ClN3O2S2/c1-11(2,6-12)9(17)15-10-14-7(4-19-10)3-18-5-8(13)16/h4H,3,5-6H2,1-2H3,(H2,13,16)(H,14,15,17). The number of aromatic nitrogens is 1. The third-order valence-electron chi connectivity index (χ3n) is 2.22. The van der Waals surface area contributed by atoms with Gasteiger partial charge in [-0.15, -0.1) is 34.7 Å². The fourth-order valence-corrected chi connectivity index (χ4v) is 2.61. The van der Waals surface area contributed by atoms with Gasteiger partial charge in [0.1, 0.15) is 0 Å². The number of nitrogens with zero attached hydrogens (tertiary/aromatic N) is 1. The molecule has 2 amide bonds. The van der Waals surface area contributed by atoms with Crippen LogP contribution in [-0.2, 0) is 15.3 Å². The van der Waals surface area contributed by atoms with Crippen LogP contribution in [0.2, 0.25) is 0 Å². The molecule has 0 aliphatic rings. The Hall–Kier alpha value is -0.790. The molecule has 1 aromatic rings. The van der Waals surface area contributed by atoms with Crippen molar-refractivity contribution in [3.63, 3.8) is 0 Å². The van der Waals surface area contributed by atoms with E-state index >= 15 is 0 Å². The predicted molar refractivity (Wildman–Crippen MR) is 80.6 cm³/mol. The van der Waals surface area contributed by atoms with Crippen LogP contribution in [0.5, 0.6) is 0 Å². The summed E-state index contributed by atoms with van der Waals surface area (Å²) in [7, 11) is 0. The molecule has 0 bridgehead atoms. The van der Waals surface area contributed by atoms with Crippen LogP contribution in [0.1, 0.15) is 19.5 Å². The van der Waals surface area contributed by atoms with Crippen molar-refractivity contribution in [2.24, 2.45) is 11.1 Å². The minimum absolute atomic E-state index is 0.159. The number of nitrogens with one attached hydrogen (secondary N) is 1. The average molecular weight is 322 g/mol. The van der Waals surface area contributed by atoms with Gasteiger partial charge in [-0.3, -0.25) is 9.59 Å². The average Bonchev–Trinajstić information content (AvgIpc) is 2.76. The number of amides is 2. The highest BCUT2D eigenvalue weighted by molar-refractivity contribution is 7.99. The number of carbonyl (C=O) groups is 2. The molecule has 0 atom stereocenters. The molecular weight excluding hydrogens is 306 g/mol. The first-order valence-corrected chi connectivity index (χ1v) is 8.10. The van der Waals surface area contributed by atoms with Crippen molar-refractivity contribution in [3.8, 4) is 0 Å². The van der Waals surface area contributed by atoms with E-state index < -0.39 is 5.41 Å². The summed E-state index contributed by atoms with van der Waals surface area (Å²) in [6.45, 7) is 3.54. The summed E-state index contributed by atoms with van der Waals surface area (Å²) in [5.41, 5.74) is 5.23. The number of alkyl halides is 1. The number of halogens is 1. The highest BCUT2D eigenvalue weighted by Crippen LogP contribution is 2.23. The highest BCUT2D eigenvalue weighted by atomic mass is 35.5. The first-order valence-electron chi connectivity index (χ1n) is 5.53. The second-order valence-electron chi connectivity index (χ2n) is 4.57. The van der Waals surface area contributed by atoms with Gasteiger partial charge in [-0.05, 0) is 13.8 Å². The van der Waals surface area contributed by atoms with E-state index in [9.17, 15) is 9.59 Å². The van der Waals surface area contributed by atoms with Crippen LogP contribution in [-0.4, -0.2) is 28.4 Å². The summed E-state index contributed by atoms with van der Waals surface area (Å²) in [6, 6.07) is 0. The topological polar surface area (TPSA) is 85.1 Å². The van der Waals surface area contributed by atoms with Crippen LogP contribution in [0.25, 0.3) is 0 Å². The van der Waals surface area contributed by atoms with Crippen LogP contribution in [0, 0.1) is 5.41 Å². The Kier molecular flexibility index (Phi) is 6.09. The van der Waals surface area contributed by atoms with E-state index in [0.29, 0.717) is 10.9 Å². The zero-order valence-electron chi connectivity index (χ0n) is 10.7. The first-order chi connectivity index (χ1) is 8.85. The molecule has 19 heavy (non-hydrogen) atoms. The van der Waals surface area contributed by atoms with Gasteiger partial charge in [0.25, 0.3) is 0 Å². The number of hydrogen-bond acceptors (Lipinski definition) is 5. The van der Waals surface area contributed by atoms with E-state index in [4.69, 9.17) is 17.3 Å². The molecule has 0 aliphatic heterocycles. The van der Waals surface area contributed by atoms with Crippen LogP contribution >= 0.6 is 34.7 Å². The molecule has 0 unspecified atom stereocenters. The number of primary amides is 1. The van der Waals surface area contributed by atoms with Gasteiger partial charge in [0.15, 0.2) is 5.13 Å². The van der Waals surface area contributed by atoms with Crippen molar-refractivity contribution in [1.29, 1.82) is 0 Å². The van der Waals surface area contributed by atoms with Crippen LogP contribution in [0.3, 0.4) is 0 Å². The van der Waals surface area contributed by atoms with Gasteiger partial charge >= 0.3 is 0 Å². The fourth-order valence-electron chi connectivity index (χ4n) is 1.01. The number of carbonyl (C=O) groups excluding carboxylic acids is 2. The van der Waals surface area contributed by atoms with Crippen molar-refractivity contribution < 1.29 is 9.59 Å². The lowest BCUT2D eigenvalue weighted by Gasteiger charge is -2.18. The van der Waals surface area contributed by atoms with Crippen LogP contribution in [0.4, 0.5) is 5.13 Å². The second-order valence-corrected chi connectivity index (χ2v) is 6.69. The van der Waals surface area contributed by atoms with Gasteiger partial charge in [0.05, 0.1) is 16.9 Å². The summed E-state index contributed by atoms with van der Waals surface area (Å²) in [5, 5.41) is 5.12. The van der Waals surface area contributed by atoms with Crippen molar-refractivity contribution in [2.75, 3.05) is 16.9 Å². The summed E-state index contributed by atoms with van der Waals surface area (Å²) < 4.78 is 0. The lowest BCUT2D eigenvalue weighted by molar-refractivity contribution is -0.123. The number of rotatable bonds is 7. The lowest BCUT2D eigenvalue weighted by atomic mass is 9.95. The minimum Gasteiger partial charge on any atom is -0.369 e. The van der Waals surface area contributed by atoms with Gasteiger partial charge in [0, 0.05) is 17.0 Å². The van der Waals surface area contributed by atoms with E-state index in [1.165, 1.54) is 23.1 Å². The van der Waals surface area contributed by atoms with E-state index in [2.05, 4.69) is 10.3 Å². The van der Waals surface area contributed by atoms with Gasteiger partial charge in [0.2, 0.25) is 11.8 Å². The monoisotopic (exact) mass is 321 g/mol. The SMILES string of the molecule is CC(C)(CCl)C(=O)Nc1nc(CSCC(N)=O)cs1. The fraction of sp³-hybridized carbons (Fsp3) is 0.545. The maximum absolute atomic E-state index is 11.9. The van der Waals surface area contributed by atoms with E-state index in [1.807, 2.05) is 5.38 Å². The smallest absolute Gasteiger partial charge is 0.233 e. The van der Waals surface area contributed by atoms with Gasteiger partial charge < -0.3 is 11.1 Å². The summed E-state index contributed by atoms with van der Waals surface area (Å²) in [6.07, 6.45) is 0. The third kappa shape index (κ3) is 5.38. The Morgan fingerprint density at radius 2 is 2.26 bits per heavy atom. The Bertz CT molecular complexity index is 463. The first kappa shape index (κ1) is 16.3. The van der Waals surface area contributed by atoms with Crippen LogP contribution < -0.4 is 11.1 Å². The Morgan fingerprint density at radius 3 is 2.84 bits per heavy atom. The zero-order chi connectivity index (χ0) is 14.5. The molecule has 3 N–H and O–H groups in total. The number of thiazole rings is 1. The predicted octanol–water partition coefficient (Wildman–Crippen LogP) is 2.07. The molecule has 0 saturated heterocycles. The van der Waals surface area contributed by atoms with E-state index in [1.54, 1.807) is 13.8 Å². The Labute approximate surface area is 125 Å². The van der Waals surface area contributed by atoms with Crippen molar-refractivity contribution in [2.45, 2.75) is 19.6 Å². The maximum atomic E-state index is 11.9. The normalized spacial score (nSPS) is 11.3. The molecule has 8 heteroatoms. The van der Waals surface area contributed by atoms with Gasteiger partial charge in [-0.1, -0.05) is 0 Å². The third-order valence-corrected chi connectivity index (χ3v) is 4.68. The quantitative estimate of drug-likeness (QED) is 0.753. The molecular formula is C11H16ClN3O2S2. The lowest BCUT2D eigenvalue weighted by Crippen LogP contribution is -2.32. The number of hydrogen-bond donors (Lipinski definition) is 2. The summed E-state index contributed by atoms with van der Waals surface area (Å²) in [4.78, 5) is 26.7. The number of anilines is 1. The second kappa shape index (κ2) is 7.12. The molecule has 5 nitrogen and oxygen atoms in total. The molecule has 1 rings (SSSR count). The number of thioether (sulfide) groups is 1. The van der Waals surface area contributed by atoms with Crippen molar-refractivity contribution >= 4 is 51.6 Å². The largest absolute Gasteiger partial charge is 0.369 e. The molecule has 1 heterocycles. The molecule has 106 valence electrons. The molecule has 0 fully saturated rings.